The molecule has 1 atom stereocenters. The Morgan fingerprint density at radius 2 is 1.87 bits per heavy atom. The van der Waals surface area contributed by atoms with E-state index in [0.29, 0.717) is 25.1 Å². The lowest BCUT2D eigenvalue weighted by Gasteiger charge is -2.24. The second-order valence-corrected chi connectivity index (χ2v) is 7.68. The molecule has 1 aromatic heterocycles. The number of hydrogen-bond donors (Lipinski definition) is 1. The van der Waals surface area contributed by atoms with Gasteiger partial charge in [0.2, 0.25) is 0 Å². The van der Waals surface area contributed by atoms with Crippen LogP contribution in [-0.2, 0) is 6.18 Å². The van der Waals surface area contributed by atoms with Gasteiger partial charge in [-0.05, 0) is 54.8 Å². The molecule has 1 amide bonds. The minimum atomic E-state index is -4.52. The Balaban J connectivity index is 1.72. The summed E-state index contributed by atoms with van der Waals surface area (Å²) in [7, 11) is 0. The molecule has 0 aliphatic carbocycles. The number of benzene rings is 2. The fourth-order valence-electron chi connectivity index (χ4n) is 4.19. The summed E-state index contributed by atoms with van der Waals surface area (Å²) in [5.41, 5.74) is 1.14. The predicted molar refractivity (Wildman–Crippen MR) is 114 cm³/mol. The first kappa shape index (κ1) is 20.9. The number of pyridine rings is 1. The van der Waals surface area contributed by atoms with Gasteiger partial charge in [-0.1, -0.05) is 24.3 Å². The van der Waals surface area contributed by atoms with E-state index in [-0.39, 0.29) is 22.7 Å². The number of hydrogen-bond acceptors (Lipinski definition) is 3. The number of halogens is 3. The first-order valence-electron chi connectivity index (χ1n) is 10.1. The van der Waals surface area contributed by atoms with Crippen molar-refractivity contribution in [1.29, 1.82) is 0 Å². The average molecular weight is 425 g/mol. The van der Waals surface area contributed by atoms with Crippen LogP contribution in [0.4, 0.5) is 24.5 Å². The van der Waals surface area contributed by atoms with Crippen LogP contribution in [0.1, 0.15) is 39.4 Å². The van der Waals surface area contributed by atoms with Gasteiger partial charge in [0.15, 0.2) is 0 Å². The summed E-state index contributed by atoms with van der Waals surface area (Å²) in [5, 5.41) is 2.73. The maximum absolute atomic E-state index is 14.1. The van der Waals surface area contributed by atoms with E-state index in [4.69, 9.17) is 0 Å². The van der Waals surface area contributed by atoms with Crippen LogP contribution in [0.25, 0.3) is 0 Å². The molecule has 1 saturated heterocycles. The Bertz CT molecular complexity index is 1070. The molecule has 4 nitrogen and oxygen atoms in total. The van der Waals surface area contributed by atoms with Crippen LogP contribution in [-0.4, -0.2) is 24.0 Å². The Morgan fingerprint density at radius 1 is 1.10 bits per heavy atom. The van der Waals surface area contributed by atoms with Gasteiger partial charge in [-0.15, -0.1) is 0 Å². The Morgan fingerprint density at radius 3 is 2.55 bits per heavy atom. The molecule has 2 aromatic carbocycles. The van der Waals surface area contributed by atoms with Crippen LogP contribution in [0.5, 0.6) is 0 Å². The lowest BCUT2D eigenvalue weighted by atomic mass is 9.88. The number of carbonyl (C=O) groups is 1. The van der Waals surface area contributed by atoms with Crippen LogP contribution < -0.4 is 10.2 Å². The van der Waals surface area contributed by atoms with Crippen LogP contribution in [0, 0.1) is 6.92 Å². The molecule has 0 saturated carbocycles. The van der Waals surface area contributed by atoms with Crippen LogP contribution >= 0.6 is 0 Å². The number of anilines is 2. The molecule has 0 unspecified atom stereocenters. The zero-order valence-electron chi connectivity index (χ0n) is 17.0. The van der Waals surface area contributed by atoms with Crippen molar-refractivity contribution < 1.29 is 18.0 Å². The van der Waals surface area contributed by atoms with Gasteiger partial charge in [-0.25, -0.2) is 0 Å². The predicted octanol–water partition coefficient (Wildman–Crippen LogP) is 5.66. The lowest BCUT2D eigenvalue weighted by molar-refractivity contribution is -0.138. The lowest BCUT2D eigenvalue weighted by Crippen LogP contribution is -2.22. The number of aryl methyl sites for hydroxylation is 1. The van der Waals surface area contributed by atoms with Crippen LogP contribution in [0.15, 0.2) is 67.0 Å². The van der Waals surface area contributed by atoms with Crippen molar-refractivity contribution in [2.45, 2.75) is 25.4 Å². The molecule has 0 spiro atoms. The number of aromatic nitrogens is 1. The first-order chi connectivity index (χ1) is 14.8. The van der Waals surface area contributed by atoms with E-state index in [2.05, 4.69) is 10.3 Å². The number of nitrogens with zero attached hydrogens (tertiary/aromatic N) is 2. The van der Waals surface area contributed by atoms with Crippen molar-refractivity contribution in [3.63, 3.8) is 0 Å². The summed E-state index contributed by atoms with van der Waals surface area (Å²) in [6, 6.07) is 15.2. The maximum Gasteiger partial charge on any atom is 0.417 e. The second-order valence-electron chi connectivity index (χ2n) is 7.68. The van der Waals surface area contributed by atoms with Crippen molar-refractivity contribution in [3.8, 4) is 0 Å². The SMILES string of the molecule is Cc1ccc(NC(=O)c2ccccc2)c([C@H]2CCN(c3cccnc3)C2)c1C(F)(F)F. The number of alkyl halides is 3. The van der Waals surface area contributed by atoms with E-state index >= 15 is 0 Å². The molecule has 1 aliphatic heterocycles. The summed E-state index contributed by atoms with van der Waals surface area (Å²) in [6.07, 6.45) is -0.595. The fraction of sp³-hybridized carbons (Fsp3) is 0.250. The third-order valence-corrected chi connectivity index (χ3v) is 5.63. The van der Waals surface area contributed by atoms with E-state index in [1.807, 2.05) is 17.0 Å². The second kappa shape index (κ2) is 8.41. The maximum atomic E-state index is 14.1. The van der Waals surface area contributed by atoms with Gasteiger partial charge >= 0.3 is 6.18 Å². The first-order valence-corrected chi connectivity index (χ1v) is 10.1. The summed E-state index contributed by atoms with van der Waals surface area (Å²) >= 11 is 0. The number of amides is 1. The average Bonchev–Trinajstić information content (AvgIpc) is 3.25. The zero-order valence-corrected chi connectivity index (χ0v) is 17.0. The van der Waals surface area contributed by atoms with Crippen molar-refractivity contribution in [2.24, 2.45) is 0 Å². The van der Waals surface area contributed by atoms with E-state index in [1.165, 1.54) is 13.0 Å². The monoisotopic (exact) mass is 425 g/mol. The van der Waals surface area contributed by atoms with Gasteiger partial charge in [0.1, 0.15) is 0 Å². The van der Waals surface area contributed by atoms with Crippen LogP contribution in [0.2, 0.25) is 0 Å². The van der Waals surface area contributed by atoms with Crippen LogP contribution in [0.3, 0.4) is 0 Å². The van der Waals surface area contributed by atoms with Gasteiger partial charge in [0, 0.05) is 36.5 Å². The Labute approximate surface area is 178 Å². The molecule has 1 fully saturated rings. The summed E-state index contributed by atoms with van der Waals surface area (Å²) in [6.45, 7) is 2.50. The van der Waals surface area contributed by atoms with E-state index in [1.54, 1.807) is 48.8 Å². The van der Waals surface area contributed by atoms with E-state index < -0.39 is 17.6 Å². The molecule has 1 N–H and O–H groups in total. The van der Waals surface area contributed by atoms with Crippen molar-refractivity contribution in [3.05, 3.63) is 89.2 Å². The Kier molecular flexibility index (Phi) is 5.67. The minimum Gasteiger partial charge on any atom is -0.370 e. The minimum absolute atomic E-state index is 0.153. The third-order valence-electron chi connectivity index (χ3n) is 5.63. The number of rotatable bonds is 4. The van der Waals surface area contributed by atoms with Gasteiger partial charge in [-0.2, -0.15) is 13.2 Å². The number of nitrogens with one attached hydrogen (secondary N) is 1. The van der Waals surface area contributed by atoms with Gasteiger partial charge < -0.3 is 10.2 Å². The molecule has 3 aromatic rings. The standard InChI is InChI=1S/C24H22F3N3O/c1-16-9-10-20(29-23(31)17-6-3-2-4-7-17)21(22(16)24(25,26)27)18-11-13-30(15-18)19-8-5-12-28-14-19/h2-10,12,14,18H,11,13,15H2,1H3,(H,29,31)/t18-/m0/s1. The molecular weight excluding hydrogens is 403 g/mol. The molecule has 2 heterocycles. The van der Waals surface area contributed by atoms with Gasteiger partial charge in [0.25, 0.3) is 5.91 Å². The molecule has 0 bridgehead atoms. The topological polar surface area (TPSA) is 45.2 Å². The van der Waals surface area contributed by atoms with Gasteiger partial charge in [0.05, 0.1) is 17.4 Å². The highest BCUT2D eigenvalue weighted by atomic mass is 19.4. The quantitative estimate of drug-likeness (QED) is 0.587. The molecular formula is C24H22F3N3O. The third kappa shape index (κ3) is 4.40. The summed E-state index contributed by atoms with van der Waals surface area (Å²) in [4.78, 5) is 18.8. The molecule has 160 valence electrons. The van der Waals surface area contributed by atoms with Crippen molar-refractivity contribution >= 4 is 17.3 Å². The highest BCUT2D eigenvalue weighted by Crippen LogP contribution is 2.44. The highest BCUT2D eigenvalue weighted by Gasteiger charge is 2.40. The largest absolute Gasteiger partial charge is 0.417 e. The normalized spacial score (nSPS) is 16.4. The van der Waals surface area contributed by atoms with Gasteiger partial charge in [-0.3, -0.25) is 9.78 Å². The molecule has 7 heteroatoms. The zero-order chi connectivity index (χ0) is 22.0. The molecule has 4 rings (SSSR count). The fourth-order valence-corrected chi connectivity index (χ4v) is 4.19. The summed E-state index contributed by atoms with van der Waals surface area (Å²) < 4.78 is 42.3. The van der Waals surface area contributed by atoms with Crippen molar-refractivity contribution in [2.75, 3.05) is 23.3 Å². The van der Waals surface area contributed by atoms with Crippen molar-refractivity contribution in [1.82, 2.24) is 4.98 Å². The smallest absolute Gasteiger partial charge is 0.370 e. The molecule has 1 aliphatic rings. The highest BCUT2D eigenvalue weighted by molar-refractivity contribution is 6.04. The summed E-state index contributed by atoms with van der Waals surface area (Å²) in [5.74, 6) is -0.802. The molecule has 0 radical (unpaired) electrons. The van der Waals surface area contributed by atoms with E-state index in [9.17, 15) is 18.0 Å². The molecule has 31 heavy (non-hydrogen) atoms. The van der Waals surface area contributed by atoms with E-state index in [0.717, 1.165) is 5.69 Å². The number of carbonyl (C=O) groups excluding carboxylic acids is 1. The Hall–Kier alpha value is -3.35.